The Morgan fingerprint density at radius 2 is 1.71 bits per heavy atom. The molecule has 2 rings (SSSR count). The summed E-state index contributed by atoms with van der Waals surface area (Å²) < 4.78 is 11.3. The van der Waals surface area contributed by atoms with E-state index >= 15 is 0 Å². The number of hydrazine groups is 1. The van der Waals surface area contributed by atoms with Gasteiger partial charge in [-0.2, -0.15) is 0 Å². The third-order valence-electron chi connectivity index (χ3n) is 3.02. The minimum atomic E-state index is -0.447. The van der Waals surface area contributed by atoms with E-state index < -0.39 is 5.91 Å². The molecule has 0 aliphatic heterocycles. The number of rotatable bonds is 6. The van der Waals surface area contributed by atoms with Crippen molar-refractivity contribution in [2.24, 2.45) is 0 Å². The molecule has 0 heterocycles. The molecule has 0 unspecified atom stereocenters. The molecule has 0 aliphatic rings. The third kappa shape index (κ3) is 5.92. The minimum Gasteiger partial charge on any atom is -0.497 e. The molecule has 126 valence electrons. The van der Waals surface area contributed by atoms with Crippen molar-refractivity contribution in [3.05, 3.63) is 58.6 Å². The molecule has 0 spiro atoms. The Morgan fingerprint density at radius 1 is 1.00 bits per heavy atom. The SMILES string of the molecule is COc1cccc(CC(=O)NNC(=O)COc2ccc(Br)cc2)c1. The lowest BCUT2D eigenvalue weighted by Crippen LogP contribution is -2.44. The molecule has 2 N–H and O–H groups in total. The lowest BCUT2D eigenvalue weighted by atomic mass is 10.1. The van der Waals surface area contributed by atoms with E-state index in [0.717, 1.165) is 10.0 Å². The standard InChI is InChI=1S/C17H17BrN2O4/c1-23-15-4-2-3-12(9-15)10-16(21)19-20-17(22)11-24-14-7-5-13(18)6-8-14/h2-9H,10-11H2,1H3,(H,19,21)(H,20,22). The predicted octanol–water partition coefficient (Wildman–Crippen LogP) is 2.23. The summed E-state index contributed by atoms with van der Waals surface area (Å²) in [6.07, 6.45) is 0.130. The van der Waals surface area contributed by atoms with E-state index in [-0.39, 0.29) is 18.9 Å². The summed E-state index contributed by atoms with van der Waals surface area (Å²) in [5.41, 5.74) is 5.44. The molecule has 0 aromatic heterocycles. The molecule has 0 radical (unpaired) electrons. The number of hydrogen-bond acceptors (Lipinski definition) is 4. The van der Waals surface area contributed by atoms with Crippen LogP contribution in [0.15, 0.2) is 53.0 Å². The Balaban J connectivity index is 1.72. The van der Waals surface area contributed by atoms with Crippen LogP contribution in [-0.4, -0.2) is 25.5 Å². The van der Waals surface area contributed by atoms with E-state index in [0.29, 0.717) is 11.5 Å². The van der Waals surface area contributed by atoms with Gasteiger partial charge in [-0.1, -0.05) is 28.1 Å². The maximum Gasteiger partial charge on any atom is 0.276 e. The molecular formula is C17H17BrN2O4. The predicted molar refractivity (Wildman–Crippen MR) is 92.6 cm³/mol. The van der Waals surface area contributed by atoms with Gasteiger partial charge in [-0.05, 0) is 42.0 Å². The summed E-state index contributed by atoms with van der Waals surface area (Å²) in [4.78, 5) is 23.5. The topological polar surface area (TPSA) is 76.7 Å². The van der Waals surface area contributed by atoms with Crippen molar-refractivity contribution in [1.82, 2.24) is 10.9 Å². The quantitative estimate of drug-likeness (QED) is 0.739. The molecule has 0 saturated carbocycles. The van der Waals surface area contributed by atoms with Gasteiger partial charge in [0.25, 0.3) is 5.91 Å². The summed E-state index contributed by atoms with van der Waals surface area (Å²) in [5.74, 6) is 0.459. The second-order valence-electron chi connectivity index (χ2n) is 4.87. The molecule has 0 atom stereocenters. The summed E-state index contributed by atoms with van der Waals surface area (Å²) in [5, 5.41) is 0. The van der Waals surface area contributed by atoms with Crippen LogP contribution in [0.25, 0.3) is 0 Å². The lowest BCUT2D eigenvalue weighted by Gasteiger charge is -2.09. The first-order valence-electron chi connectivity index (χ1n) is 7.16. The van der Waals surface area contributed by atoms with Gasteiger partial charge < -0.3 is 9.47 Å². The highest BCUT2D eigenvalue weighted by Crippen LogP contribution is 2.15. The van der Waals surface area contributed by atoms with E-state index in [9.17, 15) is 9.59 Å². The molecule has 24 heavy (non-hydrogen) atoms. The normalized spacial score (nSPS) is 9.92. The minimum absolute atomic E-state index is 0.130. The maximum absolute atomic E-state index is 11.8. The second-order valence-corrected chi connectivity index (χ2v) is 5.78. The van der Waals surface area contributed by atoms with Gasteiger partial charge in [-0.15, -0.1) is 0 Å². The first-order chi connectivity index (χ1) is 11.6. The fourth-order valence-electron chi connectivity index (χ4n) is 1.87. The molecule has 2 aromatic carbocycles. The van der Waals surface area contributed by atoms with Gasteiger partial charge in [0, 0.05) is 4.47 Å². The first kappa shape index (κ1) is 17.8. The van der Waals surface area contributed by atoms with Crippen LogP contribution in [0, 0.1) is 0 Å². The Labute approximate surface area is 148 Å². The van der Waals surface area contributed by atoms with Crippen LogP contribution in [-0.2, 0) is 16.0 Å². The van der Waals surface area contributed by atoms with Crippen LogP contribution in [0.2, 0.25) is 0 Å². The summed E-state index contributed by atoms with van der Waals surface area (Å²) >= 11 is 3.31. The molecule has 0 aliphatic carbocycles. The van der Waals surface area contributed by atoms with E-state index in [4.69, 9.17) is 9.47 Å². The van der Waals surface area contributed by atoms with Crippen molar-refractivity contribution in [3.63, 3.8) is 0 Å². The van der Waals surface area contributed by atoms with Crippen molar-refractivity contribution in [2.75, 3.05) is 13.7 Å². The van der Waals surface area contributed by atoms with Gasteiger partial charge in [0.1, 0.15) is 11.5 Å². The summed E-state index contributed by atoms with van der Waals surface area (Å²) in [6, 6.07) is 14.2. The average molecular weight is 393 g/mol. The van der Waals surface area contributed by atoms with Crippen molar-refractivity contribution in [2.45, 2.75) is 6.42 Å². The van der Waals surface area contributed by atoms with Gasteiger partial charge in [0.05, 0.1) is 13.5 Å². The van der Waals surface area contributed by atoms with Crippen molar-refractivity contribution in [3.8, 4) is 11.5 Å². The fraction of sp³-hybridized carbons (Fsp3) is 0.176. The number of methoxy groups -OCH3 is 1. The first-order valence-corrected chi connectivity index (χ1v) is 7.95. The second kappa shape index (κ2) is 8.93. The zero-order valence-electron chi connectivity index (χ0n) is 13.0. The van der Waals surface area contributed by atoms with Crippen molar-refractivity contribution >= 4 is 27.7 Å². The number of amides is 2. The van der Waals surface area contributed by atoms with Crippen LogP contribution in [0.1, 0.15) is 5.56 Å². The van der Waals surface area contributed by atoms with Crippen molar-refractivity contribution < 1.29 is 19.1 Å². The number of benzene rings is 2. The fourth-order valence-corrected chi connectivity index (χ4v) is 2.13. The molecule has 7 heteroatoms. The van der Waals surface area contributed by atoms with E-state index in [2.05, 4.69) is 26.8 Å². The monoisotopic (exact) mass is 392 g/mol. The van der Waals surface area contributed by atoms with Crippen molar-refractivity contribution in [1.29, 1.82) is 0 Å². The zero-order valence-corrected chi connectivity index (χ0v) is 14.6. The number of halogens is 1. The molecular weight excluding hydrogens is 376 g/mol. The number of carbonyl (C=O) groups is 2. The molecule has 6 nitrogen and oxygen atoms in total. The summed E-state index contributed by atoms with van der Waals surface area (Å²) in [7, 11) is 1.56. The average Bonchev–Trinajstić information content (AvgIpc) is 2.59. The van der Waals surface area contributed by atoms with E-state index in [1.54, 1.807) is 43.5 Å². The Morgan fingerprint density at radius 3 is 2.42 bits per heavy atom. The van der Waals surface area contributed by atoms with Gasteiger partial charge in [0.15, 0.2) is 6.61 Å². The highest BCUT2D eigenvalue weighted by molar-refractivity contribution is 9.10. The van der Waals surface area contributed by atoms with Gasteiger partial charge in [-0.25, -0.2) is 0 Å². The maximum atomic E-state index is 11.8. The number of nitrogens with one attached hydrogen (secondary N) is 2. The molecule has 2 amide bonds. The molecule has 0 bridgehead atoms. The lowest BCUT2D eigenvalue weighted by molar-refractivity contribution is -0.129. The highest BCUT2D eigenvalue weighted by atomic mass is 79.9. The number of hydrogen-bond donors (Lipinski definition) is 2. The van der Waals surface area contributed by atoms with Crippen LogP contribution >= 0.6 is 15.9 Å². The van der Waals surface area contributed by atoms with Crippen LogP contribution in [0.4, 0.5) is 0 Å². The van der Waals surface area contributed by atoms with Crippen LogP contribution in [0.3, 0.4) is 0 Å². The Kier molecular flexibility index (Phi) is 6.62. The van der Waals surface area contributed by atoms with Crippen LogP contribution < -0.4 is 20.3 Å². The van der Waals surface area contributed by atoms with Crippen LogP contribution in [0.5, 0.6) is 11.5 Å². The number of ether oxygens (including phenoxy) is 2. The molecule has 0 fully saturated rings. The third-order valence-corrected chi connectivity index (χ3v) is 3.55. The molecule has 0 saturated heterocycles. The van der Waals surface area contributed by atoms with Gasteiger partial charge >= 0.3 is 0 Å². The Hall–Kier alpha value is -2.54. The molecule has 2 aromatic rings. The Bertz CT molecular complexity index is 704. The highest BCUT2D eigenvalue weighted by Gasteiger charge is 2.07. The number of carbonyl (C=O) groups excluding carboxylic acids is 2. The zero-order chi connectivity index (χ0) is 17.4. The van der Waals surface area contributed by atoms with Gasteiger partial charge in [0.2, 0.25) is 5.91 Å². The van der Waals surface area contributed by atoms with E-state index in [1.807, 2.05) is 12.1 Å². The van der Waals surface area contributed by atoms with Gasteiger partial charge in [-0.3, -0.25) is 20.4 Å². The summed E-state index contributed by atoms with van der Waals surface area (Å²) in [6.45, 7) is -0.193. The smallest absolute Gasteiger partial charge is 0.276 e. The van der Waals surface area contributed by atoms with E-state index in [1.165, 1.54) is 0 Å². The largest absolute Gasteiger partial charge is 0.497 e.